The number of β-lactam (4-membered cyclic amide) rings is 1. The molecule has 6 heteroatoms. The van der Waals surface area contributed by atoms with Crippen molar-refractivity contribution in [2.24, 2.45) is 5.92 Å². The molecule has 0 spiro atoms. The van der Waals surface area contributed by atoms with Crippen LogP contribution in [0.1, 0.15) is 65.4 Å². The second kappa shape index (κ2) is 10.3. The summed E-state index contributed by atoms with van der Waals surface area (Å²) in [6.45, 7) is 10.4. The standard InChI is InChI=1S/C32H37BFNO3/c1-22(23-16-19-26(34)20-17-23)14-21-28-29(35(30(28)36)27-12-7-6-8-13-27)24-10-9-11-25(18-15-24)33-37-31(2,3)32(4,5)38-33/h6-8,10-13,15-20,22,28-29H,9,14,21H2,1-5H3. The first-order chi connectivity index (χ1) is 18.1. The molecule has 4 nitrogen and oxygen atoms in total. The van der Waals surface area contributed by atoms with E-state index >= 15 is 0 Å². The molecule has 2 heterocycles. The zero-order chi connectivity index (χ0) is 27.1. The Hall–Kier alpha value is -2.96. The molecule has 1 aliphatic carbocycles. The largest absolute Gasteiger partial charge is 0.494 e. The topological polar surface area (TPSA) is 38.8 Å². The first kappa shape index (κ1) is 26.6. The van der Waals surface area contributed by atoms with Gasteiger partial charge in [0.1, 0.15) is 5.82 Å². The highest BCUT2D eigenvalue weighted by atomic mass is 19.1. The van der Waals surface area contributed by atoms with Gasteiger partial charge in [0.05, 0.1) is 23.2 Å². The van der Waals surface area contributed by atoms with E-state index in [1.54, 1.807) is 0 Å². The Morgan fingerprint density at radius 3 is 2.29 bits per heavy atom. The molecule has 3 aliphatic rings. The van der Waals surface area contributed by atoms with Gasteiger partial charge in [0, 0.05) is 5.69 Å². The van der Waals surface area contributed by atoms with Crippen LogP contribution < -0.4 is 4.90 Å². The third-order valence-electron chi connectivity index (χ3n) is 8.64. The molecule has 2 fully saturated rings. The van der Waals surface area contributed by atoms with Crippen molar-refractivity contribution in [1.82, 2.24) is 0 Å². The van der Waals surface area contributed by atoms with E-state index < -0.39 is 18.3 Å². The molecule has 2 aliphatic heterocycles. The maximum atomic E-state index is 13.5. The molecule has 0 aromatic heterocycles. The molecule has 2 saturated heterocycles. The number of hydrogen-bond acceptors (Lipinski definition) is 3. The molecule has 38 heavy (non-hydrogen) atoms. The van der Waals surface area contributed by atoms with E-state index in [1.807, 2.05) is 47.4 Å². The molecule has 2 aromatic rings. The molecule has 2 aromatic carbocycles. The van der Waals surface area contributed by atoms with E-state index in [2.05, 4.69) is 58.9 Å². The Morgan fingerprint density at radius 1 is 0.974 bits per heavy atom. The first-order valence-corrected chi connectivity index (χ1v) is 13.6. The van der Waals surface area contributed by atoms with Gasteiger partial charge in [0.25, 0.3) is 0 Å². The van der Waals surface area contributed by atoms with Crippen molar-refractivity contribution in [3.63, 3.8) is 0 Å². The Morgan fingerprint density at radius 2 is 1.63 bits per heavy atom. The molecule has 5 rings (SSSR count). The Balaban J connectivity index is 1.35. The number of hydrogen-bond donors (Lipinski definition) is 0. The molecule has 0 N–H and O–H groups in total. The number of anilines is 1. The summed E-state index contributed by atoms with van der Waals surface area (Å²) in [5.74, 6) is 0.0667. The van der Waals surface area contributed by atoms with Crippen LogP contribution in [0.2, 0.25) is 0 Å². The second-order valence-electron chi connectivity index (χ2n) is 11.7. The average Bonchev–Trinajstić information content (AvgIpc) is 3.02. The maximum Gasteiger partial charge on any atom is 0.494 e. The van der Waals surface area contributed by atoms with E-state index in [1.165, 1.54) is 12.1 Å². The van der Waals surface area contributed by atoms with Crippen LogP contribution in [0.3, 0.4) is 0 Å². The summed E-state index contributed by atoms with van der Waals surface area (Å²) in [4.78, 5) is 15.4. The van der Waals surface area contributed by atoms with Crippen molar-refractivity contribution < 1.29 is 18.5 Å². The third kappa shape index (κ3) is 5.04. The van der Waals surface area contributed by atoms with E-state index in [4.69, 9.17) is 9.31 Å². The highest BCUT2D eigenvalue weighted by Crippen LogP contribution is 2.43. The fourth-order valence-electron chi connectivity index (χ4n) is 5.51. The number of benzene rings is 2. The molecule has 0 radical (unpaired) electrons. The van der Waals surface area contributed by atoms with Gasteiger partial charge in [-0.3, -0.25) is 4.79 Å². The number of allylic oxidation sites excluding steroid dienone is 4. The predicted molar refractivity (Wildman–Crippen MR) is 151 cm³/mol. The van der Waals surface area contributed by atoms with Crippen LogP contribution in [0.5, 0.6) is 0 Å². The lowest BCUT2D eigenvalue weighted by Crippen LogP contribution is -2.62. The Labute approximate surface area is 226 Å². The lowest BCUT2D eigenvalue weighted by atomic mass is 9.76. The number of rotatable bonds is 7. The number of halogens is 1. The number of amides is 1. The van der Waals surface area contributed by atoms with Crippen LogP contribution in [0.4, 0.5) is 10.1 Å². The van der Waals surface area contributed by atoms with E-state index in [-0.39, 0.29) is 29.6 Å². The maximum absolute atomic E-state index is 13.5. The average molecular weight is 513 g/mol. The molecular formula is C32H37BFNO3. The summed E-state index contributed by atoms with van der Waals surface area (Å²) in [6.07, 6.45) is 11.0. The minimum atomic E-state index is -0.412. The van der Waals surface area contributed by atoms with Crippen LogP contribution in [0.15, 0.2) is 89.9 Å². The zero-order valence-electron chi connectivity index (χ0n) is 23.0. The van der Waals surface area contributed by atoms with E-state index in [0.29, 0.717) is 0 Å². The van der Waals surface area contributed by atoms with E-state index in [9.17, 15) is 9.18 Å². The lowest BCUT2D eigenvalue weighted by molar-refractivity contribution is -0.129. The third-order valence-corrected chi connectivity index (χ3v) is 8.64. The second-order valence-corrected chi connectivity index (χ2v) is 11.7. The van der Waals surface area contributed by atoms with Gasteiger partial charge < -0.3 is 14.2 Å². The highest BCUT2D eigenvalue weighted by Gasteiger charge is 2.52. The molecule has 198 valence electrons. The molecular weight excluding hydrogens is 476 g/mol. The number of carbonyl (C=O) groups is 1. The summed E-state index contributed by atoms with van der Waals surface area (Å²) in [5.41, 5.74) is 3.36. The van der Waals surface area contributed by atoms with Gasteiger partial charge in [-0.1, -0.05) is 61.6 Å². The van der Waals surface area contributed by atoms with Gasteiger partial charge >= 0.3 is 7.12 Å². The first-order valence-electron chi connectivity index (χ1n) is 13.6. The van der Waals surface area contributed by atoms with Crippen molar-refractivity contribution in [1.29, 1.82) is 0 Å². The van der Waals surface area contributed by atoms with Gasteiger partial charge in [-0.15, -0.1) is 0 Å². The van der Waals surface area contributed by atoms with Gasteiger partial charge in [0.2, 0.25) is 5.91 Å². The number of carbonyl (C=O) groups excluding carboxylic acids is 1. The fraction of sp³-hybridized carbons (Fsp3) is 0.406. The zero-order valence-corrected chi connectivity index (χ0v) is 23.0. The lowest BCUT2D eigenvalue weighted by Gasteiger charge is -2.48. The molecule has 3 unspecified atom stereocenters. The van der Waals surface area contributed by atoms with Crippen molar-refractivity contribution in [2.75, 3.05) is 4.90 Å². The van der Waals surface area contributed by atoms with Crippen LogP contribution in [-0.4, -0.2) is 30.3 Å². The van der Waals surface area contributed by atoms with Gasteiger partial charge in [-0.25, -0.2) is 4.39 Å². The van der Waals surface area contributed by atoms with Crippen molar-refractivity contribution in [2.45, 2.75) is 77.0 Å². The number of nitrogens with zero attached hydrogens (tertiary/aromatic N) is 1. The van der Waals surface area contributed by atoms with Crippen LogP contribution in [-0.2, 0) is 14.1 Å². The fourth-order valence-corrected chi connectivity index (χ4v) is 5.51. The Kier molecular flexibility index (Phi) is 7.23. The summed E-state index contributed by atoms with van der Waals surface area (Å²) in [6, 6.07) is 16.6. The summed E-state index contributed by atoms with van der Waals surface area (Å²) >= 11 is 0. The van der Waals surface area contributed by atoms with Crippen LogP contribution in [0, 0.1) is 11.7 Å². The normalized spacial score (nSPS) is 24.9. The molecule has 1 amide bonds. The summed E-state index contributed by atoms with van der Waals surface area (Å²) < 4.78 is 26.0. The van der Waals surface area contributed by atoms with Crippen LogP contribution >= 0.6 is 0 Å². The molecule has 3 atom stereocenters. The van der Waals surface area contributed by atoms with Crippen molar-refractivity contribution in [3.05, 3.63) is 101 Å². The Bertz CT molecular complexity index is 1250. The molecule has 0 saturated carbocycles. The minimum absolute atomic E-state index is 0.0346. The number of para-hydroxylation sites is 1. The minimum Gasteiger partial charge on any atom is -0.399 e. The smallest absolute Gasteiger partial charge is 0.399 e. The SMILES string of the molecule is CC(CCC1C(=O)N(c2ccccc2)C1C1=CCC=C(B2OC(C)(C)C(C)(C)O2)C=C1)c1ccc(F)cc1. The van der Waals surface area contributed by atoms with Gasteiger partial charge in [0.15, 0.2) is 0 Å². The highest BCUT2D eigenvalue weighted by molar-refractivity contribution is 6.55. The summed E-state index contributed by atoms with van der Waals surface area (Å²) in [7, 11) is -0.412. The van der Waals surface area contributed by atoms with Crippen molar-refractivity contribution in [3.8, 4) is 0 Å². The monoisotopic (exact) mass is 513 g/mol. The van der Waals surface area contributed by atoms with Gasteiger partial charge in [-0.05, 0) is 93.7 Å². The predicted octanol–water partition coefficient (Wildman–Crippen LogP) is 7.19. The summed E-state index contributed by atoms with van der Waals surface area (Å²) in [5, 5.41) is 0. The molecule has 0 bridgehead atoms. The quantitative estimate of drug-likeness (QED) is 0.291. The van der Waals surface area contributed by atoms with Crippen LogP contribution in [0.25, 0.3) is 0 Å². The van der Waals surface area contributed by atoms with Gasteiger partial charge in [-0.2, -0.15) is 0 Å². The van der Waals surface area contributed by atoms with E-state index in [0.717, 1.165) is 41.6 Å². The van der Waals surface area contributed by atoms with Crippen molar-refractivity contribution >= 4 is 18.7 Å².